The van der Waals surface area contributed by atoms with Crippen molar-refractivity contribution in [3.63, 3.8) is 0 Å². The smallest absolute Gasteiger partial charge is 0.300 e. The molecule has 0 saturated carbocycles. The molecule has 0 saturated heterocycles. The number of carbonyl (C=O) groups is 1. The molecule has 0 bridgehead atoms. The highest BCUT2D eigenvalue weighted by molar-refractivity contribution is 7.99. The number of carboxylic acids is 1. The highest BCUT2D eigenvalue weighted by Crippen LogP contribution is 2.17. The molecule has 0 amide bonds. The Bertz CT molecular complexity index is 440. The number of nitrogens with zero attached hydrogens (tertiary/aromatic N) is 3. The summed E-state index contributed by atoms with van der Waals surface area (Å²) in [6.45, 7) is 5.87. The van der Waals surface area contributed by atoms with E-state index in [1.54, 1.807) is 11.8 Å². The molecule has 0 aliphatic heterocycles. The van der Waals surface area contributed by atoms with Crippen molar-refractivity contribution in [1.29, 1.82) is 0 Å². The Morgan fingerprint density at radius 3 is 2.50 bits per heavy atom. The largest absolute Gasteiger partial charge is 0.481 e. The molecule has 1 aromatic rings. The van der Waals surface area contributed by atoms with Crippen molar-refractivity contribution >= 4 is 17.7 Å². The van der Waals surface area contributed by atoms with Gasteiger partial charge in [0.15, 0.2) is 5.16 Å². The third kappa shape index (κ3) is 7.96. The van der Waals surface area contributed by atoms with Gasteiger partial charge in [0.1, 0.15) is 5.82 Å². The van der Waals surface area contributed by atoms with Gasteiger partial charge in [-0.05, 0) is 19.8 Å². The van der Waals surface area contributed by atoms with E-state index >= 15 is 0 Å². The Labute approximate surface area is 124 Å². The summed E-state index contributed by atoms with van der Waals surface area (Å²) in [6.07, 6.45) is 4.49. The van der Waals surface area contributed by atoms with Gasteiger partial charge in [-0.15, -0.1) is 10.2 Å². The third-order valence-electron chi connectivity index (χ3n) is 2.51. The lowest BCUT2D eigenvalue weighted by Crippen LogP contribution is -2.05. The Hall–Kier alpha value is -1.34. The van der Waals surface area contributed by atoms with E-state index in [4.69, 9.17) is 15.6 Å². The molecule has 7 heteroatoms. The SMILES string of the molecule is CC(=O)O.CCC(C)=CCCSc1nnc(CN)n1C. The normalized spacial score (nSPS) is 10.9. The monoisotopic (exact) mass is 300 g/mol. The van der Waals surface area contributed by atoms with Crippen molar-refractivity contribution in [2.75, 3.05) is 5.75 Å². The Morgan fingerprint density at radius 1 is 1.45 bits per heavy atom. The molecule has 0 fully saturated rings. The predicted molar refractivity (Wildman–Crippen MR) is 81.6 cm³/mol. The maximum atomic E-state index is 9.00. The summed E-state index contributed by atoms with van der Waals surface area (Å²) in [7, 11) is 1.96. The van der Waals surface area contributed by atoms with Crippen molar-refractivity contribution in [3.05, 3.63) is 17.5 Å². The van der Waals surface area contributed by atoms with Gasteiger partial charge in [-0.3, -0.25) is 4.79 Å². The lowest BCUT2D eigenvalue weighted by atomic mass is 10.2. The lowest BCUT2D eigenvalue weighted by molar-refractivity contribution is -0.134. The van der Waals surface area contributed by atoms with Crippen molar-refractivity contribution in [2.45, 2.75) is 45.3 Å². The molecule has 0 atom stereocenters. The first-order valence-corrected chi connectivity index (χ1v) is 7.47. The quantitative estimate of drug-likeness (QED) is 0.475. The van der Waals surface area contributed by atoms with Crippen LogP contribution >= 0.6 is 11.8 Å². The fraction of sp³-hybridized carbons (Fsp3) is 0.615. The Balaban J connectivity index is 0.000000796. The molecule has 0 spiro atoms. The molecule has 0 aliphatic rings. The first kappa shape index (κ1) is 18.7. The molecular formula is C13H24N4O2S. The number of hydrogen-bond acceptors (Lipinski definition) is 5. The standard InChI is InChI=1S/C11H20N4S.C2H4O2/c1-4-9(2)6-5-7-16-11-14-13-10(8-12)15(11)3;1-2(3)4/h6H,4-5,7-8,12H2,1-3H3;1H3,(H,3,4). The molecule has 0 aliphatic carbocycles. The number of hydrogen-bond donors (Lipinski definition) is 2. The molecule has 1 heterocycles. The first-order valence-electron chi connectivity index (χ1n) is 6.48. The van der Waals surface area contributed by atoms with E-state index in [2.05, 4.69) is 30.1 Å². The van der Waals surface area contributed by atoms with Gasteiger partial charge in [0.25, 0.3) is 5.97 Å². The van der Waals surface area contributed by atoms with E-state index in [9.17, 15) is 0 Å². The van der Waals surface area contributed by atoms with Crippen LogP contribution in [0.3, 0.4) is 0 Å². The minimum atomic E-state index is -0.833. The Morgan fingerprint density at radius 2 is 2.05 bits per heavy atom. The number of nitrogens with two attached hydrogens (primary N) is 1. The van der Waals surface area contributed by atoms with Crippen LogP contribution in [0.15, 0.2) is 16.8 Å². The molecular weight excluding hydrogens is 276 g/mol. The number of rotatable bonds is 6. The van der Waals surface area contributed by atoms with Crippen LogP contribution in [-0.4, -0.2) is 31.6 Å². The molecule has 20 heavy (non-hydrogen) atoms. The van der Waals surface area contributed by atoms with Gasteiger partial charge in [-0.2, -0.15) is 0 Å². The second-order valence-corrected chi connectivity index (χ2v) is 5.28. The zero-order chi connectivity index (χ0) is 15.5. The maximum Gasteiger partial charge on any atom is 0.300 e. The van der Waals surface area contributed by atoms with Gasteiger partial charge in [0.05, 0.1) is 6.54 Å². The van der Waals surface area contributed by atoms with E-state index < -0.39 is 5.97 Å². The van der Waals surface area contributed by atoms with E-state index in [0.717, 1.165) is 36.5 Å². The summed E-state index contributed by atoms with van der Waals surface area (Å²) < 4.78 is 1.96. The van der Waals surface area contributed by atoms with E-state index in [1.807, 2.05) is 11.6 Å². The molecule has 6 nitrogen and oxygen atoms in total. The van der Waals surface area contributed by atoms with Crippen LogP contribution in [0.2, 0.25) is 0 Å². The molecule has 1 aromatic heterocycles. The minimum Gasteiger partial charge on any atom is -0.481 e. The van der Waals surface area contributed by atoms with Crippen molar-refractivity contribution in [1.82, 2.24) is 14.8 Å². The van der Waals surface area contributed by atoms with Crippen LogP contribution in [-0.2, 0) is 18.4 Å². The topological polar surface area (TPSA) is 94.0 Å². The van der Waals surface area contributed by atoms with Crippen LogP contribution in [0, 0.1) is 0 Å². The summed E-state index contributed by atoms with van der Waals surface area (Å²) in [4.78, 5) is 9.00. The van der Waals surface area contributed by atoms with Crippen LogP contribution in [0.25, 0.3) is 0 Å². The fourth-order valence-corrected chi connectivity index (χ4v) is 2.06. The van der Waals surface area contributed by atoms with Crippen LogP contribution in [0.5, 0.6) is 0 Å². The molecule has 0 aromatic carbocycles. The third-order valence-corrected chi connectivity index (χ3v) is 3.56. The summed E-state index contributed by atoms with van der Waals surface area (Å²) in [5.74, 6) is 1.04. The van der Waals surface area contributed by atoms with Crippen LogP contribution in [0.4, 0.5) is 0 Å². The average Bonchev–Trinajstić information content (AvgIpc) is 2.74. The van der Waals surface area contributed by atoms with E-state index in [1.165, 1.54) is 5.57 Å². The number of carboxylic acid groups (broad SMARTS) is 1. The van der Waals surface area contributed by atoms with Crippen molar-refractivity contribution in [2.24, 2.45) is 12.8 Å². The van der Waals surface area contributed by atoms with Gasteiger partial charge in [-0.25, -0.2) is 0 Å². The second-order valence-electron chi connectivity index (χ2n) is 4.22. The van der Waals surface area contributed by atoms with Crippen molar-refractivity contribution in [3.8, 4) is 0 Å². The molecule has 0 radical (unpaired) electrons. The minimum absolute atomic E-state index is 0.443. The summed E-state index contributed by atoms with van der Waals surface area (Å²) in [5.41, 5.74) is 6.98. The van der Waals surface area contributed by atoms with Crippen LogP contribution < -0.4 is 5.73 Å². The summed E-state index contributed by atoms with van der Waals surface area (Å²) in [6, 6.07) is 0. The van der Waals surface area contributed by atoms with Gasteiger partial charge in [0.2, 0.25) is 0 Å². The molecule has 0 unspecified atom stereocenters. The van der Waals surface area contributed by atoms with Gasteiger partial charge in [-0.1, -0.05) is 30.3 Å². The number of aliphatic carboxylic acids is 1. The van der Waals surface area contributed by atoms with E-state index in [0.29, 0.717) is 6.54 Å². The number of aromatic nitrogens is 3. The predicted octanol–water partition coefficient (Wildman–Crippen LogP) is 2.20. The highest BCUT2D eigenvalue weighted by atomic mass is 32.2. The van der Waals surface area contributed by atoms with Gasteiger partial charge < -0.3 is 15.4 Å². The Kier molecular flexibility index (Phi) is 9.75. The van der Waals surface area contributed by atoms with Crippen molar-refractivity contribution < 1.29 is 9.90 Å². The summed E-state index contributed by atoms with van der Waals surface area (Å²) in [5, 5.41) is 16.5. The average molecular weight is 300 g/mol. The first-order chi connectivity index (χ1) is 9.42. The highest BCUT2D eigenvalue weighted by Gasteiger charge is 2.06. The second kappa shape index (κ2) is 10.4. The van der Waals surface area contributed by atoms with Gasteiger partial charge >= 0.3 is 0 Å². The summed E-state index contributed by atoms with van der Waals surface area (Å²) >= 11 is 1.72. The maximum absolute atomic E-state index is 9.00. The lowest BCUT2D eigenvalue weighted by Gasteiger charge is -2.01. The van der Waals surface area contributed by atoms with E-state index in [-0.39, 0.29) is 0 Å². The van der Waals surface area contributed by atoms with Crippen LogP contribution in [0.1, 0.15) is 39.4 Å². The number of thioether (sulfide) groups is 1. The molecule has 3 N–H and O–H groups in total. The molecule has 114 valence electrons. The van der Waals surface area contributed by atoms with Gasteiger partial charge in [0, 0.05) is 19.7 Å². The zero-order valence-corrected chi connectivity index (χ0v) is 13.4. The number of allylic oxidation sites excluding steroid dienone is 2. The fourth-order valence-electron chi connectivity index (χ4n) is 1.25. The zero-order valence-electron chi connectivity index (χ0n) is 12.6. The molecule has 1 rings (SSSR count).